The van der Waals surface area contributed by atoms with Crippen LogP contribution in [0.15, 0.2) is 29.2 Å². The fourth-order valence-electron chi connectivity index (χ4n) is 4.01. The fourth-order valence-corrected chi connectivity index (χ4v) is 4.01. The van der Waals surface area contributed by atoms with Gasteiger partial charge in [0.2, 0.25) is 0 Å². The molecule has 2 N–H and O–H groups in total. The molecule has 4 rings (SSSR count). The predicted molar refractivity (Wildman–Crippen MR) is 109 cm³/mol. The first-order valence-corrected chi connectivity index (χ1v) is 10.3. The van der Waals surface area contributed by atoms with Gasteiger partial charge in [-0.05, 0) is 43.7 Å². The van der Waals surface area contributed by atoms with Crippen molar-refractivity contribution in [1.82, 2.24) is 19.9 Å². The van der Waals surface area contributed by atoms with Crippen LogP contribution in [-0.4, -0.2) is 58.7 Å². The molecular weight excluding hydrogens is 354 g/mol. The summed E-state index contributed by atoms with van der Waals surface area (Å²) >= 11 is 0. The number of aromatic amines is 1. The number of likely N-dealkylation sites (tertiary alicyclic amines) is 1. The monoisotopic (exact) mass is 383 g/mol. The van der Waals surface area contributed by atoms with Crippen molar-refractivity contribution in [3.63, 3.8) is 0 Å². The van der Waals surface area contributed by atoms with E-state index in [9.17, 15) is 4.79 Å². The number of anilines is 1. The van der Waals surface area contributed by atoms with E-state index in [1.165, 1.54) is 13.0 Å². The molecule has 1 atom stereocenters. The summed E-state index contributed by atoms with van der Waals surface area (Å²) in [6.07, 6.45) is 5.97. The maximum absolute atomic E-state index is 11.8. The molecule has 4 heterocycles. The van der Waals surface area contributed by atoms with E-state index in [-0.39, 0.29) is 5.56 Å². The molecule has 0 saturated carbocycles. The Morgan fingerprint density at radius 2 is 2.14 bits per heavy atom. The summed E-state index contributed by atoms with van der Waals surface area (Å²) in [6, 6.07) is 5.92. The first kappa shape index (κ1) is 19.1. The van der Waals surface area contributed by atoms with Crippen molar-refractivity contribution in [2.45, 2.75) is 38.6 Å². The highest BCUT2D eigenvalue weighted by Crippen LogP contribution is 2.20. The Kier molecular flexibility index (Phi) is 6.02. The average molecular weight is 383 g/mol. The number of nitrogens with one attached hydrogen (secondary N) is 2. The summed E-state index contributed by atoms with van der Waals surface area (Å²) in [5.74, 6) is 2.16. The maximum Gasteiger partial charge on any atom is 0.251 e. The molecule has 0 spiro atoms. The second-order valence-corrected chi connectivity index (χ2v) is 7.82. The second kappa shape index (κ2) is 8.84. The summed E-state index contributed by atoms with van der Waals surface area (Å²) in [4.78, 5) is 26.1. The largest absolute Gasteiger partial charge is 0.381 e. The van der Waals surface area contributed by atoms with E-state index in [2.05, 4.69) is 25.2 Å². The number of rotatable bonds is 6. The third-order valence-electron chi connectivity index (χ3n) is 5.67. The van der Waals surface area contributed by atoms with Gasteiger partial charge in [-0.3, -0.25) is 4.79 Å². The molecule has 2 aromatic rings. The molecule has 1 unspecified atom stereocenters. The van der Waals surface area contributed by atoms with Gasteiger partial charge in [-0.25, -0.2) is 9.97 Å². The van der Waals surface area contributed by atoms with Crippen molar-refractivity contribution in [2.75, 3.05) is 38.2 Å². The number of H-pyrrole nitrogens is 1. The SMILES string of the molecule is CCc1cc(=O)[nH]c(-c2ccc(NC3CCN(CC4CCOC4)CC3)nc2)n1. The first-order valence-electron chi connectivity index (χ1n) is 10.3. The summed E-state index contributed by atoms with van der Waals surface area (Å²) < 4.78 is 5.49. The zero-order valence-corrected chi connectivity index (χ0v) is 16.5. The van der Waals surface area contributed by atoms with Crippen LogP contribution in [0.25, 0.3) is 11.4 Å². The van der Waals surface area contributed by atoms with Crippen molar-refractivity contribution in [1.29, 1.82) is 0 Å². The zero-order chi connectivity index (χ0) is 19.3. The van der Waals surface area contributed by atoms with Gasteiger partial charge in [0, 0.05) is 55.8 Å². The molecule has 7 nitrogen and oxygen atoms in total. The number of nitrogens with zero attached hydrogens (tertiary/aromatic N) is 3. The standard InChI is InChI=1S/C21H29N5O2/c1-2-17-11-20(27)25-21(24-17)16-3-4-19(22-12-16)23-18-5-8-26(9-6-18)13-15-7-10-28-14-15/h3-4,11-12,15,18H,2,5-10,13-14H2,1H3,(H,22,23)(H,24,25,27). The Morgan fingerprint density at radius 1 is 1.29 bits per heavy atom. The van der Waals surface area contributed by atoms with Crippen molar-refractivity contribution in [3.05, 3.63) is 40.4 Å². The van der Waals surface area contributed by atoms with Gasteiger partial charge in [-0.2, -0.15) is 0 Å². The van der Waals surface area contributed by atoms with Crippen LogP contribution in [-0.2, 0) is 11.2 Å². The molecule has 0 aliphatic carbocycles. The zero-order valence-electron chi connectivity index (χ0n) is 16.5. The Morgan fingerprint density at radius 3 is 2.82 bits per heavy atom. The first-order chi connectivity index (χ1) is 13.7. The molecule has 2 aliphatic rings. The Balaban J connectivity index is 1.31. The Bertz CT molecular complexity index is 821. The molecule has 2 fully saturated rings. The van der Waals surface area contributed by atoms with Crippen LogP contribution in [0.2, 0.25) is 0 Å². The molecule has 2 aliphatic heterocycles. The van der Waals surface area contributed by atoms with Gasteiger partial charge >= 0.3 is 0 Å². The van der Waals surface area contributed by atoms with Crippen LogP contribution in [0, 0.1) is 5.92 Å². The maximum atomic E-state index is 11.8. The minimum atomic E-state index is -0.125. The summed E-state index contributed by atoms with van der Waals surface area (Å²) in [5.41, 5.74) is 1.49. The van der Waals surface area contributed by atoms with Crippen molar-refractivity contribution < 1.29 is 4.74 Å². The van der Waals surface area contributed by atoms with Gasteiger partial charge in [0.15, 0.2) is 0 Å². The lowest BCUT2D eigenvalue weighted by atomic mass is 10.0. The number of hydrogen-bond donors (Lipinski definition) is 2. The lowest BCUT2D eigenvalue weighted by molar-refractivity contribution is 0.154. The van der Waals surface area contributed by atoms with Crippen LogP contribution in [0.5, 0.6) is 0 Å². The van der Waals surface area contributed by atoms with E-state index in [4.69, 9.17) is 4.74 Å². The van der Waals surface area contributed by atoms with Crippen LogP contribution in [0.4, 0.5) is 5.82 Å². The van der Waals surface area contributed by atoms with Gasteiger partial charge < -0.3 is 19.9 Å². The quantitative estimate of drug-likeness (QED) is 0.796. The molecule has 0 amide bonds. The van der Waals surface area contributed by atoms with E-state index in [1.54, 1.807) is 12.3 Å². The highest BCUT2D eigenvalue weighted by atomic mass is 16.5. The number of ether oxygens (including phenoxy) is 1. The number of hydrogen-bond acceptors (Lipinski definition) is 6. The molecule has 150 valence electrons. The summed E-state index contributed by atoms with van der Waals surface area (Å²) in [7, 11) is 0. The smallest absolute Gasteiger partial charge is 0.251 e. The van der Waals surface area contributed by atoms with E-state index >= 15 is 0 Å². The van der Waals surface area contributed by atoms with Crippen molar-refractivity contribution >= 4 is 5.82 Å². The lowest BCUT2D eigenvalue weighted by Gasteiger charge is -2.33. The van der Waals surface area contributed by atoms with Crippen LogP contribution in [0.1, 0.15) is 31.9 Å². The van der Waals surface area contributed by atoms with Gasteiger partial charge in [-0.1, -0.05) is 6.92 Å². The van der Waals surface area contributed by atoms with E-state index in [0.29, 0.717) is 17.8 Å². The topological polar surface area (TPSA) is 83.1 Å². The van der Waals surface area contributed by atoms with Crippen molar-refractivity contribution in [3.8, 4) is 11.4 Å². The summed E-state index contributed by atoms with van der Waals surface area (Å²) in [6.45, 7) is 7.26. The minimum absolute atomic E-state index is 0.125. The number of aryl methyl sites for hydroxylation is 1. The highest BCUT2D eigenvalue weighted by molar-refractivity contribution is 5.56. The van der Waals surface area contributed by atoms with Gasteiger partial charge in [0.05, 0.1) is 6.61 Å². The van der Waals surface area contributed by atoms with E-state index < -0.39 is 0 Å². The molecule has 7 heteroatoms. The van der Waals surface area contributed by atoms with Gasteiger partial charge in [0.25, 0.3) is 5.56 Å². The third-order valence-corrected chi connectivity index (χ3v) is 5.67. The number of piperidine rings is 1. The van der Waals surface area contributed by atoms with Gasteiger partial charge in [-0.15, -0.1) is 0 Å². The molecule has 0 radical (unpaired) electrons. The van der Waals surface area contributed by atoms with Crippen molar-refractivity contribution in [2.24, 2.45) is 5.92 Å². The Labute approximate surface area is 165 Å². The highest BCUT2D eigenvalue weighted by Gasteiger charge is 2.23. The second-order valence-electron chi connectivity index (χ2n) is 7.82. The lowest BCUT2D eigenvalue weighted by Crippen LogP contribution is -2.41. The molecular formula is C21H29N5O2. The number of pyridine rings is 1. The fraction of sp³-hybridized carbons (Fsp3) is 0.571. The Hall–Kier alpha value is -2.25. The van der Waals surface area contributed by atoms with Crippen LogP contribution < -0.4 is 10.9 Å². The van der Waals surface area contributed by atoms with Crippen LogP contribution in [0.3, 0.4) is 0 Å². The molecule has 2 saturated heterocycles. The van der Waals surface area contributed by atoms with E-state index in [1.807, 2.05) is 19.1 Å². The number of aromatic nitrogens is 3. The minimum Gasteiger partial charge on any atom is -0.381 e. The molecule has 0 aromatic carbocycles. The predicted octanol–water partition coefficient (Wildman–Crippen LogP) is 2.31. The normalized spacial score (nSPS) is 21.1. The third kappa shape index (κ3) is 4.77. The average Bonchev–Trinajstić information content (AvgIpc) is 3.22. The molecule has 0 bridgehead atoms. The van der Waals surface area contributed by atoms with E-state index in [0.717, 1.165) is 62.6 Å². The van der Waals surface area contributed by atoms with Crippen LogP contribution >= 0.6 is 0 Å². The summed E-state index contributed by atoms with van der Waals surface area (Å²) in [5, 5.41) is 3.55. The van der Waals surface area contributed by atoms with Gasteiger partial charge in [0.1, 0.15) is 11.6 Å². The molecule has 28 heavy (non-hydrogen) atoms. The molecule has 2 aromatic heterocycles.